The molecule has 2 aromatic rings. The van der Waals surface area contributed by atoms with Gasteiger partial charge in [-0.25, -0.2) is 10.2 Å². The molecule has 5 N–H and O–H groups in total. The molecule has 4 aliphatic carbocycles. The van der Waals surface area contributed by atoms with Crippen LogP contribution in [0.25, 0.3) is 0 Å². The lowest BCUT2D eigenvalue weighted by Crippen LogP contribution is -2.68. The normalized spacial score (nSPS) is 37.2. The minimum Gasteiger partial charge on any atom is -0.458 e. The second kappa shape index (κ2) is 12.2. The number of amides is 2. The first-order chi connectivity index (χ1) is 22.9. The molecule has 0 aromatic heterocycles. The van der Waals surface area contributed by atoms with Crippen LogP contribution in [0.4, 0.5) is 5.69 Å². The molecule has 4 fully saturated rings. The summed E-state index contributed by atoms with van der Waals surface area (Å²) < 4.78 is 6.03. The zero-order chi connectivity index (χ0) is 33.9. The Morgan fingerprint density at radius 3 is 2.46 bits per heavy atom. The Morgan fingerprint density at radius 1 is 0.958 bits per heavy atom. The summed E-state index contributed by atoms with van der Waals surface area (Å²) in [6.07, 6.45) is 7.64. The number of anilines is 1. The fourth-order valence-corrected chi connectivity index (χ4v) is 10.6. The van der Waals surface area contributed by atoms with Crippen molar-refractivity contribution in [2.75, 3.05) is 11.9 Å². The minimum atomic E-state index is -1.24. The van der Waals surface area contributed by atoms with Crippen molar-refractivity contribution in [1.82, 2.24) is 5.43 Å². The first-order valence-electron chi connectivity index (χ1n) is 16.9. The van der Waals surface area contributed by atoms with Gasteiger partial charge in [0.1, 0.15) is 6.61 Å². The summed E-state index contributed by atoms with van der Waals surface area (Å²) in [6, 6.07) is 13.6. The zero-order valence-corrected chi connectivity index (χ0v) is 28.5. The average molecular weight is 721 g/mol. The van der Waals surface area contributed by atoms with Crippen molar-refractivity contribution in [3.05, 3.63) is 75.8 Å². The maximum absolute atomic E-state index is 13.3. The van der Waals surface area contributed by atoms with Crippen molar-refractivity contribution < 1.29 is 34.4 Å². The molecule has 0 bridgehead atoms. The van der Waals surface area contributed by atoms with Crippen LogP contribution in [0.15, 0.2) is 69.8 Å². The monoisotopic (exact) mass is 719 g/mol. The third-order valence-corrected chi connectivity index (χ3v) is 13.1. The quantitative estimate of drug-likeness (QED) is 0.157. The summed E-state index contributed by atoms with van der Waals surface area (Å²) in [4.78, 5) is 38.0. The molecule has 0 radical (unpaired) electrons. The molecule has 7 rings (SSSR count). The number of halogens is 1. The van der Waals surface area contributed by atoms with Gasteiger partial charge in [-0.15, -0.1) is 0 Å². The summed E-state index contributed by atoms with van der Waals surface area (Å²) in [5.41, 5.74) is 1.29. The SMILES string of the molecule is C[C@]12CC[C@H]3[C@@H](CC[C@]4(O)C[C@H](O)CC[C@]34/C=N/NC(=O)c3cccc(NC(=O)c4cccc(Br)c4)c3)[C@@]1(O)CC[C@@H]2C1=CC(=O)OC1. The molecule has 8 atom stereocenters. The Labute approximate surface area is 288 Å². The van der Waals surface area contributed by atoms with Crippen LogP contribution < -0.4 is 10.7 Å². The number of ether oxygens (including phenoxy) is 1. The largest absolute Gasteiger partial charge is 0.458 e. The molecule has 0 saturated heterocycles. The van der Waals surface area contributed by atoms with Gasteiger partial charge in [0.15, 0.2) is 0 Å². The summed E-state index contributed by atoms with van der Waals surface area (Å²) in [5, 5.41) is 42.8. The molecule has 11 heteroatoms. The van der Waals surface area contributed by atoms with Gasteiger partial charge in [-0.3, -0.25) is 9.59 Å². The highest BCUT2D eigenvalue weighted by atomic mass is 79.9. The maximum Gasteiger partial charge on any atom is 0.331 e. The van der Waals surface area contributed by atoms with Crippen LogP contribution in [0.2, 0.25) is 0 Å². The highest BCUT2D eigenvalue weighted by Gasteiger charge is 2.71. The van der Waals surface area contributed by atoms with Crippen molar-refractivity contribution in [1.29, 1.82) is 0 Å². The highest BCUT2D eigenvalue weighted by Crippen LogP contribution is 2.70. The smallest absolute Gasteiger partial charge is 0.331 e. The number of nitrogens with one attached hydrogen (secondary N) is 2. The number of fused-ring (bicyclic) bond motifs is 5. The molecule has 5 aliphatic rings. The van der Waals surface area contributed by atoms with E-state index in [0.717, 1.165) is 22.9 Å². The molecule has 2 amide bonds. The van der Waals surface area contributed by atoms with Gasteiger partial charge in [0.2, 0.25) is 0 Å². The summed E-state index contributed by atoms with van der Waals surface area (Å²) in [7, 11) is 0. The number of nitrogens with zero attached hydrogens (tertiary/aromatic N) is 1. The predicted molar refractivity (Wildman–Crippen MR) is 182 cm³/mol. The van der Waals surface area contributed by atoms with Crippen molar-refractivity contribution >= 4 is 45.6 Å². The van der Waals surface area contributed by atoms with E-state index in [4.69, 9.17) is 4.74 Å². The Kier molecular flexibility index (Phi) is 8.41. The summed E-state index contributed by atoms with van der Waals surface area (Å²) >= 11 is 3.38. The third kappa shape index (κ3) is 5.34. The van der Waals surface area contributed by atoms with Crippen molar-refractivity contribution in [2.24, 2.45) is 33.7 Å². The second-order valence-corrected chi connectivity index (χ2v) is 15.7. The van der Waals surface area contributed by atoms with Gasteiger partial charge in [-0.1, -0.05) is 35.0 Å². The number of aliphatic hydroxyl groups excluding tert-OH is 1. The van der Waals surface area contributed by atoms with Crippen LogP contribution in [0.3, 0.4) is 0 Å². The van der Waals surface area contributed by atoms with Gasteiger partial charge in [-0.05, 0) is 111 Å². The summed E-state index contributed by atoms with van der Waals surface area (Å²) in [6.45, 7) is 2.42. The van der Waals surface area contributed by atoms with Crippen LogP contribution in [0.1, 0.15) is 85.4 Å². The molecular weight excluding hydrogens is 678 g/mol. The third-order valence-electron chi connectivity index (χ3n) is 12.6. The van der Waals surface area contributed by atoms with Crippen LogP contribution in [0, 0.1) is 28.6 Å². The zero-order valence-electron chi connectivity index (χ0n) is 27.0. The van der Waals surface area contributed by atoms with E-state index in [-0.39, 0.29) is 42.7 Å². The number of rotatable bonds is 6. The van der Waals surface area contributed by atoms with E-state index in [2.05, 4.69) is 38.7 Å². The van der Waals surface area contributed by atoms with Crippen molar-refractivity contribution in [2.45, 2.75) is 82.0 Å². The number of esters is 1. The Hall–Kier alpha value is -3.38. The van der Waals surface area contributed by atoms with E-state index in [0.29, 0.717) is 55.3 Å². The van der Waals surface area contributed by atoms with E-state index in [9.17, 15) is 29.7 Å². The Balaban J connectivity index is 1.12. The van der Waals surface area contributed by atoms with Gasteiger partial charge in [0.25, 0.3) is 11.8 Å². The van der Waals surface area contributed by atoms with E-state index >= 15 is 0 Å². The average Bonchev–Trinajstić information content (AvgIpc) is 3.60. The van der Waals surface area contributed by atoms with Crippen LogP contribution in [0.5, 0.6) is 0 Å². The number of carbonyl (C=O) groups is 3. The lowest BCUT2D eigenvalue weighted by Gasteiger charge is -2.65. The number of hydrazone groups is 1. The topological polar surface area (TPSA) is 158 Å². The highest BCUT2D eigenvalue weighted by molar-refractivity contribution is 9.10. The Bertz CT molecular complexity index is 1710. The minimum absolute atomic E-state index is 0.0444. The van der Waals surface area contributed by atoms with Gasteiger partial charge in [0.05, 0.1) is 17.3 Å². The predicted octanol–water partition coefficient (Wildman–Crippen LogP) is 5.13. The maximum atomic E-state index is 13.3. The number of benzene rings is 2. The van der Waals surface area contributed by atoms with Crippen LogP contribution >= 0.6 is 15.9 Å². The van der Waals surface area contributed by atoms with Gasteiger partial charge >= 0.3 is 5.97 Å². The number of hydrogen-bond donors (Lipinski definition) is 5. The van der Waals surface area contributed by atoms with E-state index in [1.807, 2.05) is 6.07 Å². The van der Waals surface area contributed by atoms with Crippen LogP contribution in [-0.4, -0.2) is 63.2 Å². The summed E-state index contributed by atoms with van der Waals surface area (Å²) in [5.74, 6) is -1.30. The van der Waals surface area contributed by atoms with E-state index in [1.165, 1.54) is 0 Å². The fraction of sp³-hybridized carbons (Fsp3) is 0.514. The standard InChI is InChI=1S/C37H42BrN3O7/c1-34-12-9-29-30(37(34,47)15-11-28(34)24-18-31(43)48-20-24)10-14-36(46)19-27(42)8-13-35(29,36)21-39-41-33(45)23-5-3-7-26(17-23)40-32(44)22-4-2-6-25(38)16-22/h2-7,16-18,21,27-30,42,46-47H,8-15,19-20H2,1H3,(H,40,44)(H,41,45)/b39-21+/t27-,28-,29+,30-,34-,35+,36+,37+/m1/s1. The van der Waals surface area contributed by atoms with E-state index in [1.54, 1.807) is 54.8 Å². The molecule has 254 valence electrons. The van der Waals surface area contributed by atoms with Crippen LogP contribution in [-0.2, 0) is 9.53 Å². The first-order valence-corrected chi connectivity index (χ1v) is 17.7. The molecule has 10 nitrogen and oxygen atoms in total. The number of cyclic esters (lactones) is 1. The molecule has 0 spiro atoms. The molecule has 48 heavy (non-hydrogen) atoms. The lowest BCUT2D eigenvalue weighted by molar-refractivity contribution is -0.237. The molecule has 1 heterocycles. The van der Waals surface area contributed by atoms with Gasteiger partial charge < -0.3 is 25.4 Å². The van der Waals surface area contributed by atoms with Gasteiger partial charge in [0, 0.05) is 50.8 Å². The number of carbonyl (C=O) groups excluding carboxylic acids is 3. The lowest BCUT2D eigenvalue weighted by atomic mass is 9.41. The Morgan fingerprint density at radius 2 is 1.71 bits per heavy atom. The fourth-order valence-electron chi connectivity index (χ4n) is 10.2. The molecule has 0 unspecified atom stereocenters. The number of hydrogen-bond acceptors (Lipinski definition) is 8. The van der Waals surface area contributed by atoms with Crippen molar-refractivity contribution in [3.63, 3.8) is 0 Å². The molecule has 2 aromatic carbocycles. The molecule has 4 saturated carbocycles. The van der Waals surface area contributed by atoms with Gasteiger partial charge in [-0.2, -0.15) is 5.10 Å². The molecule has 1 aliphatic heterocycles. The van der Waals surface area contributed by atoms with E-state index < -0.39 is 34.0 Å². The number of aliphatic hydroxyl groups is 3. The molecular formula is C37H42BrN3O7. The first kappa shape index (κ1) is 33.1. The van der Waals surface area contributed by atoms with Crippen molar-refractivity contribution in [3.8, 4) is 0 Å². The second-order valence-electron chi connectivity index (χ2n) is 14.8.